The second-order valence-electron chi connectivity index (χ2n) is 4.20. The zero-order valence-electron chi connectivity index (χ0n) is 9.56. The third-order valence-electron chi connectivity index (χ3n) is 2.65. The number of nitrogens with two attached hydrogens (primary N) is 1. The summed E-state index contributed by atoms with van der Waals surface area (Å²) in [5, 5.41) is 9.73. The molecule has 0 aliphatic carbocycles. The van der Waals surface area contributed by atoms with Gasteiger partial charge in [-0.1, -0.05) is 5.10 Å². The molecule has 0 unspecified atom stereocenters. The zero-order chi connectivity index (χ0) is 12.6. The van der Waals surface area contributed by atoms with Crippen LogP contribution in [0.3, 0.4) is 0 Å². The van der Waals surface area contributed by atoms with Gasteiger partial charge in [0.05, 0.1) is 6.54 Å². The fourth-order valence-corrected chi connectivity index (χ4v) is 1.53. The highest BCUT2D eigenvalue weighted by atomic mass is 16.4. The van der Waals surface area contributed by atoms with Crippen molar-refractivity contribution >= 4 is 17.8 Å². The van der Waals surface area contributed by atoms with Crippen LogP contribution in [0.1, 0.15) is 19.7 Å². The van der Waals surface area contributed by atoms with Crippen LogP contribution in [-0.2, 0) is 16.1 Å². The lowest BCUT2D eigenvalue weighted by Gasteiger charge is -2.38. The standard InChI is InChI=1S/C9H13N5O3/c1-9(2)7(16)11-5(15)4-14(9)8-13-12-6(3-10)17-8/h3-4,10H2,1-2H3,(H,11,15,16). The second-order valence-corrected chi connectivity index (χ2v) is 4.20. The molecule has 1 aliphatic rings. The molecule has 0 saturated carbocycles. The lowest BCUT2D eigenvalue weighted by Crippen LogP contribution is -2.64. The Morgan fingerprint density at radius 1 is 1.47 bits per heavy atom. The van der Waals surface area contributed by atoms with Crippen LogP contribution in [0.15, 0.2) is 4.42 Å². The molecule has 8 heteroatoms. The van der Waals surface area contributed by atoms with Crippen molar-refractivity contribution in [1.29, 1.82) is 0 Å². The lowest BCUT2D eigenvalue weighted by molar-refractivity contribution is -0.135. The Morgan fingerprint density at radius 3 is 2.76 bits per heavy atom. The second kappa shape index (κ2) is 3.81. The molecule has 0 aromatic carbocycles. The largest absolute Gasteiger partial charge is 0.407 e. The molecule has 2 amide bonds. The molecular formula is C9H13N5O3. The first kappa shape index (κ1) is 11.5. The van der Waals surface area contributed by atoms with Crippen molar-refractivity contribution < 1.29 is 14.0 Å². The van der Waals surface area contributed by atoms with Crippen LogP contribution in [0.5, 0.6) is 0 Å². The Balaban J connectivity index is 2.34. The summed E-state index contributed by atoms with van der Waals surface area (Å²) in [5.41, 5.74) is 4.43. The third kappa shape index (κ3) is 1.86. The Labute approximate surface area is 97.2 Å². The minimum absolute atomic E-state index is 0.00898. The van der Waals surface area contributed by atoms with Crippen molar-refractivity contribution in [2.24, 2.45) is 5.73 Å². The van der Waals surface area contributed by atoms with E-state index < -0.39 is 17.4 Å². The third-order valence-corrected chi connectivity index (χ3v) is 2.65. The first-order chi connectivity index (χ1) is 7.95. The normalized spacial score (nSPS) is 19.4. The monoisotopic (exact) mass is 239 g/mol. The first-order valence-corrected chi connectivity index (χ1v) is 5.09. The number of carbonyl (C=O) groups is 2. The Morgan fingerprint density at radius 2 is 2.18 bits per heavy atom. The summed E-state index contributed by atoms with van der Waals surface area (Å²) in [6.07, 6.45) is 0. The number of nitrogens with zero attached hydrogens (tertiary/aromatic N) is 3. The molecule has 1 aliphatic heterocycles. The summed E-state index contributed by atoms with van der Waals surface area (Å²) in [5.74, 6) is -0.544. The number of imide groups is 1. The fraction of sp³-hybridized carbons (Fsp3) is 0.556. The summed E-state index contributed by atoms with van der Waals surface area (Å²) in [4.78, 5) is 24.5. The van der Waals surface area contributed by atoms with Crippen LogP contribution in [-0.4, -0.2) is 34.1 Å². The van der Waals surface area contributed by atoms with Crippen LogP contribution >= 0.6 is 0 Å². The summed E-state index contributed by atoms with van der Waals surface area (Å²) in [7, 11) is 0. The van der Waals surface area contributed by atoms with Crippen LogP contribution in [0.25, 0.3) is 0 Å². The summed E-state index contributed by atoms with van der Waals surface area (Å²) in [6, 6.07) is 0.124. The van der Waals surface area contributed by atoms with Crippen LogP contribution in [0.2, 0.25) is 0 Å². The molecule has 1 aromatic heterocycles. The number of piperazine rings is 1. The molecule has 0 spiro atoms. The van der Waals surface area contributed by atoms with E-state index in [1.54, 1.807) is 13.8 Å². The molecule has 17 heavy (non-hydrogen) atoms. The number of aromatic nitrogens is 2. The molecule has 2 rings (SSSR count). The van der Waals surface area contributed by atoms with Gasteiger partial charge in [-0.3, -0.25) is 14.9 Å². The van der Waals surface area contributed by atoms with Crippen LogP contribution < -0.4 is 16.0 Å². The van der Waals surface area contributed by atoms with Crippen molar-refractivity contribution in [2.45, 2.75) is 25.9 Å². The molecule has 3 N–H and O–H groups in total. The molecule has 0 bridgehead atoms. The number of hydrogen-bond acceptors (Lipinski definition) is 7. The Kier molecular flexibility index (Phi) is 2.58. The van der Waals surface area contributed by atoms with Crippen molar-refractivity contribution in [3.8, 4) is 0 Å². The molecule has 8 nitrogen and oxygen atoms in total. The lowest BCUT2D eigenvalue weighted by atomic mass is 9.99. The SMILES string of the molecule is CC1(C)C(=O)NC(=O)CN1c1nnc(CN)o1. The van der Waals surface area contributed by atoms with Gasteiger partial charge in [-0.15, -0.1) is 5.10 Å². The maximum absolute atomic E-state index is 11.7. The highest BCUT2D eigenvalue weighted by Crippen LogP contribution is 2.24. The molecule has 0 radical (unpaired) electrons. The zero-order valence-corrected chi connectivity index (χ0v) is 9.56. The molecule has 92 valence electrons. The summed E-state index contributed by atoms with van der Waals surface area (Å²) >= 11 is 0. The number of hydrogen-bond donors (Lipinski definition) is 2. The minimum Gasteiger partial charge on any atom is -0.407 e. The first-order valence-electron chi connectivity index (χ1n) is 5.09. The van der Waals surface area contributed by atoms with Gasteiger partial charge in [-0.2, -0.15) is 0 Å². The van der Waals surface area contributed by atoms with E-state index in [4.69, 9.17) is 10.2 Å². The molecule has 1 saturated heterocycles. The quantitative estimate of drug-likeness (QED) is 0.621. The van der Waals surface area contributed by atoms with Crippen molar-refractivity contribution in [3.63, 3.8) is 0 Å². The van der Waals surface area contributed by atoms with Gasteiger partial charge in [0.15, 0.2) is 0 Å². The van der Waals surface area contributed by atoms with E-state index in [0.29, 0.717) is 0 Å². The maximum atomic E-state index is 11.7. The number of rotatable bonds is 2. The van der Waals surface area contributed by atoms with E-state index in [1.165, 1.54) is 4.90 Å². The van der Waals surface area contributed by atoms with Crippen LogP contribution in [0.4, 0.5) is 6.01 Å². The van der Waals surface area contributed by atoms with Gasteiger partial charge in [-0.05, 0) is 13.8 Å². The Hall–Kier alpha value is -1.96. The summed E-state index contributed by atoms with van der Waals surface area (Å²) < 4.78 is 5.25. The van der Waals surface area contributed by atoms with E-state index in [9.17, 15) is 9.59 Å². The number of amides is 2. The van der Waals surface area contributed by atoms with Gasteiger partial charge in [0, 0.05) is 0 Å². The van der Waals surface area contributed by atoms with Gasteiger partial charge >= 0.3 is 6.01 Å². The van der Waals surface area contributed by atoms with Gasteiger partial charge in [0.2, 0.25) is 11.8 Å². The highest BCUT2D eigenvalue weighted by molar-refractivity contribution is 6.06. The number of nitrogens with one attached hydrogen (secondary N) is 1. The molecule has 0 atom stereocenters. The predicted octanol–water partition coefficient (Wildman–Crippen LogP) is -1.23. The fourth-order valence-electron chi connectivity index (χ4n) is 1.53. The summed E-state index contributed by atoms with van der Waals surface area (Å²) in [6.45, 7) is 3.44. The molecular weight excluding hydrogens is 226 g/mol. The average Bonchev–Trinajstić information content (AvgIpc) is 2.72. The molecule has 1 fully saturated rings. The van der Waals surface area contributed by atoms with Gasteiger partial charge in [-0.25, -0.2) is 0 Å². The van der Waals surface area contributed by atoms with Crippen molar-refractivity contribution in [2.75, 3.05) is 11.4 Å². The van der Waals surface area contributed by atoms with E-state index in [-0.39, 0.29) is 25.0 Å². The number of anilines is 1. The molecule has 2 heterocycles. The smallest absolute Gasteiger partial charge is 0.319 e. The topological polar surface area (TPSA) is 114 Å². The van der Waals surface area contributed by atoms with E-state index in [0.717, 1.165) is 0 Å². The average molecular weight is 239 g/mol. The predicted molar refractivity (Wildman–Crippen MR) is 56.8 cm³/mol. The van der Waals surface area contributed by atoms with Gasteiger partial charge in [0.25, 0.3) is 5.91 Å². The van der Waals surface area contributed by atoms with Crippen LogP contribution in [0, 0.1) is 0 Å². The van der Waals surface area contributed by atoms with Gasteiger partial charge < -0.3 is 15.1 Å². The van der Waals surface area contributed by atoms with E-state index in [1.807, 2.05) is 0 Å². The minimum atomic E-state index is -0.924. The number of carbonyl (C=O) groups excluding carboxylic acids is 2. The van der Waals surface area contributed by atoms with E-state index in [2.05, 4.69) is 15.5 Å². The maximum Gasteiger partial charge on any atom is 0.319 e. The van der Waals surface area contributed by atoms with Crippen molar-refractivity contribution in [3.05, 3.63) is 5.89 Å². The van der Waals surface area contributed by atoms with Gasteiger partial charge in [0.1, 0.15) is 12.1 Å². The highest BCUT2D eigenvalue weighted by Gasteiger charge is 2.43. The van der Waals surface area contributed by atoms with Crippen molar-refractivity contribution in [1.82, 2.24) is 15.5 Å². The van der Waals surface area contributed by atoms with E-state index >= 15 is 0 Å². The Bertz CT molecular complexity index is 467. The molecule has 1 aromatic rings.